The van der Waals surface area contributed by atoms with Crippen LogP contribution in [0.5, 0.6) is 0 Å². The smallest absolute Gasteiger partial charge is 0.250 e. The Kier molecular flexibility index (Phi) is 2.60. The van der Waals surface area contributed by atoms with E-state index in [0.717, 1.165) is 16.6 Å². The maximum Gasteiger partial charge on any atom is 0.250 e. The van der Waals surface area contributed by atoms with E-state index in [1.54, 1.807) is 4.90 Å². The molecule has 21 heavy (non-hydrogen) atoms. The first-order chi connectivity index (χ1) is 9.91. The molecule has 0 radical (unpaired) electrons. The van der Waals surface area contributed by atoms with Gasteiger partial charge in [0.2, 0.25) is 5.91 Å². The van der Waals surface area contributed by atoms with Crippen molar-refractivity contribution < 1.29 is 9.59 Å². The summed E-state index contributed by atoms with van der Waals surface area (Å²) in [6.45, 7) is 5.11. The second kappa shape index (κ2) is 4.09. The van der Waals surface area contributed by atoms with Crippen molar-refractivity contribution in [3.8, 4) is 0 Å². The topological polar surface area (TPSA) is 49.4 Å². The lowest BCUT2D eigenvalue weighted by atomic mass is 9.95. The van der Waals surface area contributed by atoms with Crippen LogP contribution in [0.1, 0.15) is 25.5 Å². The van der Waals surface area contributed by atoms with E-state index in [1.807, 2.05) is 24.3 Å². The number of carbonyl (C=O) groups is 2. The zero-order valence-electron chi connectivity index (χ0n) is 12.0. The van der Waals surface area contributed by atoms with Crippen LogP contribution in [0, 0.1) is 17.3 Å². The number of halogens is 1. The van der Waals surface area contributed by atoms with E-state index in [1.165, 1.54) is 0 Å². The predicted octanol–water partition coefficient (Wildman–Crippen LogP) is 2.10. The number of amides is 2. The molecule has 1 aliphatic carbocycles. The van der Waals surface area contributed by atoms with Gasteiger partial charge in [-0.2, -0.15) is 0 Å². The lowest BCUT2D eigenvalue weighted by molar-refractivity contribution is -0.149. The highest BCUT2D eigenvalue weighted by Gasteiger charge is 2.70. The zero-order chi connectivity index (χ0) is 14.9. The minimum Gasteiger partial charge on any atom is -0.339 e. The summed E-state index contributed by atoms with van der Waals surface area (Å²) in [6.07, 6.45) is 0. The number of rotatable bonds is 1. The number of piperidine rings is 1. The van der Waals surface area contributed by atoms with Crippen molar-refractivity contribution in [1.29, 1.82) is 0 Å². The van der Waals surface area contributed by atoms with E-state index in [9.17, 15) is 9.59 Å². The second-order valence-electron chi connectivity index (χ2n) is 6.88. The third kappa shape index (κ3) is 1.73. The van der Waals surface area contributed by atoms with Gasteiger partial charge in [-0.15, -0.1) is 0 Å². The summed E-state index contributed by atoms with van der Waals surface area (Å²) < 4.78 is 0.961. The van der Waals surface area contributed by atoms with E-state index in [-0.39, 0.29) is 23.3 Å². The van der Waals surface area contributed by atoms with Gasteiger partial charge in [-0.05, 0) is 34.9 Å². The summed E-state index contributed by atoms with van der Waals surface area (Å²) in [5.74, 6) is 0.832. The number of piperazine rings is 1. The lowest BCUT2D eigenvalue weighted by Gasteiger charge is -2.38. The van der Waals surface area contributed by atoms with Crippen molar-refractivity contribution >= 4 is 27.7 Å². The van der Waals surface area contributed by atoms with Crippen LogP contribution in [0.4, 0.5) is 0 Å². The molecule has 0 aromatic heterocycles. The van der Waals surface area contributed by atoms with Gasteiger partial charge < -0.3 is 10.2 Å². The van der Waals surface area contributed by atoms with Crippen LogP contribution in [0.3, 0.4) is 0 Å². The largest absolute Gasteiger partial charge is 0.339 e. The van der Waals surface area contributed by atoms with Crippen LogP contribution in [0.2, 0.25) is 0 Å². The average Bonchev–Trinajstić information content (AvgIpc) is 2.83. The molecular formula is C16H17BrN2O2. The van der Waals surface area contributed by atoms with Gasteiger partial charge in [-0.25, -0.2) is 0 Å². The molecule has 1 saturated carbocycles. The van der Waals surface area contributed by atoms with Gasteiger partial charge in [0.05, 0.1) is 0 Å². The highest BCUT2D eigenvalue weighted by molar-refractivity contribution is 9.10. The maximum atomic E-state index is 12.7. The summed E-state index contributed by atoms with van der Waals surface area (Å²) in [5.41, 5.74) is 1.04. The second-order valence-corrected chi connectivity index (χ2v) is 7.80. The standard InChI is InChI=1S/C16H17BrN2O2/c1-16(2)10-7-19-13(11(10)16)14(20)18-12(15(19)21)8-3-5-9(17)6-4-8/h3-6,10-13H,7H2,1-2H3,(H,18,20)/t10-,11-,12-,13+/m1/s1. The fraction of sp³-hybridized carbons (Fsp3) is 0.500. The quantitative estimate of drug-likeness (QED) is 0.844. The molecule has 4 atom stereocenters. The number of fused-ring (bicyclic) bond motifs is 3. The summed E-state index contributed by atoms with van der Waals surface area (Å²) >= 11 is 3.38. The Bertz CT molecular complexity index is 640. The number of hydrogen-bond acceptors (Lipinski definition) is 2. The average molecular weight is 349 g/mol. The van der Waals surface area contributed by atoms with Crippen LogP contribution >= 0.6 is 15.9 Å². The molecule has 110 valence electrons. The van der Waals surface area contributed by atoms with Crippen molar-refractivity contribution in [2.24, 2.45) is 17.3 Å². The molecule has 3 aliphatic rings. The molecule has 4 nitrogen and oxygen atoms in total. The first-order valence-corrected chi connectivity index (χ1v) is 8.07. The maximum absolute atomic E-state index is 12.7. The van der Waals surface area contributed by atoms with Crippen molar-refractivity contribution in [1.82, 2.24) is 10.2 Å². The molecule has 2 saturated heterocycles. The number of nitrogens with one attached hydrogen (secondary N) is 1. The Morgan fingerprint density at radius 2 is 1.90 bits per heavy atom. The van der Waals surface area contributed by atoms with Gasteiger partial charge in [0.25, 0.3) is 5.91 Å². The zero-order valence-corrected chi connectivity index (χ0v) is 13.6. The van der Waals surface area contributed by atoms with E-state index in [0.29, 0.717) is 11.8 Å². The van der Waals surface area contributed by atoms with Crippen LogP contribution in [0.25, 0.3) is 0 Å². The molecule has 0 bridgehead atoms. The third-order valence-electron chi connectivity index (χ3n) is 5.50. The van der Waals surface area contributed by atoms with Crippen LogP contribution in [-0.4, -0.2) is 29.3 Å². The minimum absolute atomic E-state index is 0.000550. The molecule has 0 unspecified atom stereocenters. The molecule has 2 heterocycles. The molecule has 1 aromatic rings. The summed E-state index contributed by atoms with van der Waals surface area (Å²) in [4.78, 5) is 27.0. The Balaban J connectivity index is 1.63. The summed E-state index contributed by atoms with van der Waals surface area (Å²) in [6, 6.07) is 6.76. The molecule has 4 rings (SSSR count). The van der Waals surface area contributed by atoms with Crippen molar-refractivity contribution in [3.05, 3.63) is 34.3 Å². The van der Waals surface area contributed by atoms with E-state index in [4.69, 9.17) is 0 Å². The fourth-order valence-corrected chi connectivity index (χ4v) is 4.41. The van der Waals surface area contributed by atoms with Gasteiger partial charge in [0, 0.05) is 11.0 Å². The molecule has 5 heteroatoms. The molecular weight excluding hydrogens is 332 g/mol. The summed E-state index contributed by atoms with van der Waals surface area (Å²) in [7, 11) is 0. The number of carbonyl (C=O) groups excluding carboxylic acids is 2. The first kappa shape index (κ1) is 13.3. The van der Waals surface area contributed by atoms with Crippen molar-refractivity contribution in [3.63, 3.8) is 0 Å². The van der Waals surface area contributed by atoms with E-state index < -0.39 is 6.04 Å². The van der Waals surface area contributed by atoms with Crippen LogP contribution in [0.15, 0.2) is 28.7 Å². The number of nitrogens with zero attached hydrogens (tertiary/aromatic N) is 1. The van der Waals surface area contributed by atoms with Gasteiger partial charge in [-0.3, -0.25) is 9.59 Å². The molecule has 1 aromatic carbocycles. The monoisotopic (exact) mass is 348 g/mol. The Hall–Kier alpha value is -1.36. The molecule has 3 fully saturated rings. The normalized spacial score (nSPS) is 36.0. The Morgan fingerprint density at radius 1 is 1.24 bits per heavy atom. The predicted molar refractivity (Wildman–Crippen MR) is 81.3 cm³/mol. The van der Waals surface area contributed by atoms with Crippen molar-refractivity contribution in [2.45, 2.75) is 25.9 Å². The van der Waals surface area contributed by atoms with Gasteiger partial charge in [0.15, 0.2) is 0 Å². The molecule has 0 spiro atoms. The van der Waals surface area contributed by atoms with Gasteiger partial charge >= 0.3 is 0 Å². The first-order valence-electron chi connectivity index (χ1n) is 7.27. The van der Waals surface area contributed by atoms with Crippen LogP contribution in [-0.2, 0) is 9.59 Å². The highest BCUT2D eigenvalue weighted by atomic mass is 79.9. The number of benzene rings is 1. The third-order valence-corrected chi connectivity index (χ3v) is 6.03. The Labute approximate surface area is 132 Å². The summed E-state index contributed by atoms with van der Waals surface area (Å²) in [5, 5.41) is 2.92. The van der Waals surface area contributed by atoms with E-state index in [2.05, 4.69) is 35.1 Å². The van der Waals surface area contributed by atoms with Gasteiger partial charge in [0.1, 0.15) is 12.1 Å². The molecule has 2 aliphatic heterocycles. The van der Waals surface area contributed by atoms with Crippen molar-refractivity contribution in [2.75, 3.05) is 6.54 Å². The van der Waals surface area contributed by atoms with Gasteiger partial charge in [-0.1, -0.05) is 41.9 Å². The SMILES string of the molecule is CC1(C)[C@H]2[C@H]3C(=O)N[C@H](c4ccc(Br)cc4)C(=O)N3C[C@H]21. The highest BCUT2D eigenvalue weighted by Crippen LogP contribution is 2.65. The fourth-order valence-electron chi connectivity index (χ4n) is 4.15. The van der Waals surface area contributed by atoms with Crippen LogP contribution < -0.4 is 5.32 Å². The Morgan fingerprint density at radius 3 is 2.57 bits per heavy atom. The minimum atomic E-state index is -0.539. The lowest BCUT2D eigenvalue weighted by Crippen LogP contribution is -2.59. The number of hydrogen-bond donors (Lipinski definition) is 1. The molecule has 1 N–H and O–H groups in total. The molecule has 2 amide bonds. The van der Waals surface area contributed by atoms with E-state index >= 15 is 0 Å².